The number of methoxy groups -OCH3 is 1. The quantitative estimate of drug-likeness (QED) is 0.825. The summed E-state index contributed by atoms with van der Waals surface area (Å²) >= 11 is 1.77. The van der Waals surface area contributed by atoms with Gasteiger partial charge in [-0.1, -0.05) is 6.07 Å². The second kappa shape index (κ2) is 6.80. The molecule has 1 aliphatic heterocycles. The summed E-state index contributed by atoms with van der Waals surface area (Å²) in [6.45, 7) is 0.670. The molecule has 0 aliphatic carbocycles. The second-order valence-electron chi connectivity index (χ2n) is 4.70. The Hall–Kier alpha value is -0.760. The van der Waals surface area contributed by atoms with Gasteiger partial charge in [-0.2, -0.15) is 11.8 Å². The van der Waals surface area contributed by atoms with Gasteiger partial charge in [0.1, 0.15) is 10.6 Å². The van der Waals surface area contributed by atoms with Crippen LogP contribution < -0.4 is 14.8 Å². The lowest BCUT2D eigenvalue weighted by atomic mass is 10.2. The van der Waals surface area contributed by atoms with Gasteiger partial charge in [-0.25, -0.2) is 13.1 Å². The predicted molar refractivity (Wildman–Crippen MR) is 81.8 cm³/mol. The van der Waals surface area contributed by atoms with Gasteiger partial charge < -0.3 is 10.1 Å². The van der Waals surface area contributed by atoms with Gasteiger partial charge in [0.05, 0.1) is 7.11 Å². The number of hydrogen-bond donors (Lipinski definition) is 2. The summed E-state index contributed by atoms with van der Waals surface area (Å²) in [5, 5.41) is 3.03. The Morgan fingerprint density at radius 1 is 1.45 bits per heavy atom. The van der Waals surface area contributed by atoms with Crippen molar-refractivity contribution in [1.29, 1.82) is 0 Å². The molecule has 2 rings (SSSR count). The fraction of sp³-hybridized carbons (Fsp3) is 0.538. The van der Waals surface area contributed by atoms with Crippen LogP contribution in [0.5, 0.6) is 5.75 Å². The smallest absolute Gasteiger partial charge is 0.244 e. The molecule has 1 aromatic carbocycles. The number of thioether (sulfide) groups is 1. The molecule has 1 atom stereocenters. The minimum atomic E-state index is -3.53. The van der Waals surface area contributed by atoms with E-state index in [1.54, 1.807) is 30.0 Å². The molecule has 0 bridgehead atoms. The fourth-order valence-corrected chi connectivity index (χ4v) is 4.84. The van der Waals surface area contributed by atoms with E-state index in [4.69, 9.17) is 4.74 Å². The van der Waals surface area contributed by atoms with Crippen molar-refractivity contribution in [3.05, 3.63) is 23.8 Å². The molecular weight excluding hydrogens is 296 g/mol. The number of nitrogens with one attached hydrogen (secondary N) is 2. The molecule has 0 spiro atoms. The molecule has 1 fully saturated rings. The maximum atomic E-state index is 12.4. The molecular formula is C13H20N2O3S2. The van der Waals surface area contributed by atoms with Crippen LogP contribution in [0.2, 0.25) is 0 Å². The molecule has 1 aliphatic rings. The largest absolute Gasteiger partial charge is 0.495 e. The molecule has 7 heteroatoms. The molecule has 0 aromatic heterocycles. The highest BCUT2D eigenvalue weighted by Crippen LogP contribution is 2.26. The topological polar surface area (TPSA) is 67.4 Å². The van der Waals surface area contributed by atoms with Crippen molar-refractivity contribution in [2.45, 2.75) is 23.9 Å². The van der Waals surface area contributed by atoms with E-state index in [0.717, 1.165) is 23.5 Å². The third kappa shape index (κ3) is 3.66. The van der Waals surface area contributed by atoms with Crippen LogP contribution in [0.25, 0.3) is 0 Å². The highest BCUT2D eigenvalue weighted by molar-refractivity contribution is 7.99. The van der Waals surface area contributed by atoms with Crippen LogP contribution >= 0.6 is 11.8 Å². The molecule has 112 valence electrons. The van der Waals surface area contributed by atoms with Crippen molar-refractivity contribution in [3.63, 3.8) is 0 Å². The van der Waals surface area contributed by atoms with Gasteiger partial charge in [-0.3, -0.25) is 0 Å². The zero-order chi connectivity index (χ0) is 14.6. The number of benzene rings is 1. The lowest BCUT2D eigenvalue weighted by molar-refractivity contribution is 0.401. The van der Waals surface area contributed by atoms with Crippen LogP contribution in [0.15, 0.2) is 23.1 Å². The van der Waals surface area contributed by atoms with Crippen LogP contribution in [0.4, 0.5) is 0 Å². The van der Waals surface area contributed by atoms with Gasteiger partial charge in [-0.15, -0.1) is 0 Å². The van der Waals surface area contributed by atoms with E-state index in [1.807, 2.05) is 7.05 Å². The van der Waals surface area contributed by atoms with Crippen molar-refractivity contribution in [3.8, 4) is 5.75 Å². The van der Waals surface area contributed by atoms with Gasteiger partial charge in [0.25, 0.3) is 0 Å². The second-order valence-corrected chi connectivity index (χ2v) is 7.53. The number of ether oxygens (including phenoxy) is 1. The summed E-state index contributed by atoms with van der Waals surface area (Å²) in [7, 11) is -0.194. The van der Waals surface area contributed by atoms with E-state index in [0.29, 0.717) is 12.3 Å². The standard InChI is InChI=1S/C13H20N2O3S2/c1-14-8-10-3-4-13(12(7-10)18-2)20(16,17)15-11-5-6-19-9-11/h3-4,7,11,14-15H,5-6,8-9H2,1-2H3. The Kier molecular flexibility index (Phi) is 5.31. The first kappa shape index (κ1) is 15.6. The van der Waals surface area contributed by atoms with Gasteiger partial charge in [0, 0.05) is 18.3 Å². The van der Waals surface area contributed by atoms with Crippen LogP contribution in [0.3, 0.4) is 0 Å². The van der Waals surface area contributed by atoms with E-state index in [2.05, 4.69) is 10.0 Å². The zero-order valence-electron chi connectivity index (χ0n) is 11.7. The third-order valence-electron chi connectivity index (χ3n) is 3.15. The van der Waals surface area contributed by atoms with Crippen molar-refractivity contribution in [1.82, 2.24) is 10.0 Å². The third-order valence-corrected chi connectivity index (χ3v) is 5.87. The first-order chi connectivity index (χ1) is 9.56. The molecule has 0 radical (unpaired) electrons. The van der Waals surface area contributed by atoms with Crippen LogP contribution in [0, 0.1) is 0 Å². The monoisotopic (exact) mass is 316 g/mol. The van der Waals surface area contributed by atoms with Gasteiger partial charge in [0.2, 0.25) is 10.0 Å². The molecule has 0 amide bonds. The summed E-state index contributed by atoms with van der Waals surface area (Å²) in [6, 6.07) is 5.19. The Morgan fingerprint density at radius 2 is 2.25 bits per heavy atom. The molecule has 20 heavy (non-hydrogen) atoms. The number of sulfonamides is 1. The Labute approximate surface area is 124 Å². The van der Waals surface area contributed by atoms with E-state index in [9.17, 15) is 8.42 Å². The maximum Gasteiger partial charge on any atom is 0.244 e. The van der Waals surface area contributed by atoms with Crippen LogP contribution in [-0.2, 0) is 16.6 Å². The molecule has 2 N–H and O–H groups in total. The molecule has 0 saturated carbocycles. The van der Waals surface area contributed by atoms with Crippen molar-refractivity contribution < 1.29 is 13.2 Å². The Balaban J connectivity index is 2.25. The fourth-order valence-electron chi connectivity index (χ4n) is 2.16. The van der Waals surface area contributed by atoms with Crippen LogP contribution in [-0.4, -0.2) is 40.1 Å². The van der Waals surface area contributed by atoms with Crippen LogP contribution in [0.1, 0.15) is 12.0 Å². The summed E-state index contributed by atoms with van der Waals surface area (Å²) < 4.78 is 32.8. The molecule has 5 nitrogen and oxygen atoms in total. The van der Waals surface area contributed by atoms with Gasteiger partial charge >= 0.3 is 0 Å². The maximum absolute atomic E-state index is 12.4. The summed E-state index contributed by atoms with van der Waals surface area (Å²) in [4.78, 5) is 0.205. The molecule has 1 aromatic rings. The SMILES string of the molecule is CNCc1ccc(S(=O)(=O)NC2CCSC2)c(OC)c1. The van der Waals surface area contributed by atoms with Crippen molar-refractivity contribution in [2.24, 2.45) is 0 Å². The van der Waals surface area contributed by atoms with Crippen molar-refractivity contribution >= 4 is 21.8 Å². The van der Waals surface area contributed by atoms with E-state index in [1.165, 1.54) is 7.11 Å². The molecule has 1 saturated heterocycles. The first-order valence-corrected chi connectivity index (χ1v) is 9.12. The predicted octanol–water partition coefficient (Wildman–Crippen LogP) is 1.20. The zero-order valence-corrected chi connectivity index (χ0v) is 13.3. The summed E-state index contributed by atoms with van der Waals surface area (Å²) in [5.41, 5.74) is 0.986. The van der Waals surface area contributed by atoms with Gasteiger partial charge in [0.15, 0.2) is 0 Å². The minimum absolute atomic E-state index is 0.0201. The number of hydrogen-bond acceptors (Lipinski definition) is 5. The average Bonchev–Trinajstić information content (AvgIpc) is 2.91. The molecule has 1 heterocycles. The first-order valence-electron chi connectivity index (χ1n) is 6.48. The van der Waals surface area contributed by atoms with Gasteiger partial charge in [-0.05, 0) is 36.9 Å². The van der Waals surface area contributed by atoms with Crippen molar-refractivity contribution in [2.75, 3.05) is 25.7 Å². The summed E-state index contributed by atoms with van der Waals surface area (Å²) in [6.07, 6.45) is 0.879. The Morgan fingerprint density at radius 3 is 2.85 bits per heavy atom. The minimum Gasteiger partial charge on any atom is -0.495 e. The lowest BCUT2D eigenvalue weighted by Gasteiger charge is -2.15. The van der Waals surface area contributed by atoms with E-state index in [-0.39, 0.29) is 10.9 Å². The highest BCUT2D eigenvalue weighted by atomic mass is 32.2. The van der Waals surface area contributed by atoms with E-state index >= 15 is 0 Å². The highest BCUT2D eigenvalue weighted by Gasteiger charge is 2.25. The van der Waals surface area contributed by atoms with E-state index < -0.39 is 10.0 Å². The molecule has 1 unspecified atom stereocenters. The average molecular weight is 316 g/mol. The number of rotatable bonds is 6. The Bertz CT molecular complexity index is 555. The normalized spacial score (nSPS) is 19.2. The summed E-state index contributed by atoms with van der Waals surface area (Å²) in [5.74, 6) is 2.22. The lowest BCUT2D eigenvalue weighted by Crippen LogP contribution is -2.34.